The molecule has 1 atom stereocenters. The summed E-state index contributed by atoms with van der Waals surface area (Å²) < 4.78 is 5.24. The molecule has 0 fully saturated rings. The van der Waals surface area contributed by atoms with Crippen LogP contribution < -0.4 is 5.32 Å². The Morgan fingerprint density at radius 3 is 3.06 bits per heavy atom. The number of anilines is 1. The summed E-state index contributed by atoms with van der Waals surface area (Å²) in [6.07, 6.45) is 2.89. The van der Waals surface area contributed by atoms with Gasteiger partial charge in [0.2, 0.25) is 0 Å². The van der Waals surface area contributed by atoms with Gasteiger partial charge in [-0.05, 0) is 19.9 Å². The first-order valence-electron chi connectivity index (χ1n) is 5.16. The average molecular weight is 224 g/mol. The summed E-state index contributed by atoms with van der Waals surface area (Å²) in [5.41, 5.74) is 0.737. The molecule has 0 aliphatic rings. The van der Waals surface area contributed by atoms with E-state index in [2.05, 4.69) is 10.3 Å². The van der Waals surface area contributed by atoms with Crippen molar-refractivity contribution in [1.82, 2.24) is 4.98 Å². The lowest BCUT2D eigenvalue weighted by molar-refractivity contribution is 0.0697. The van der Waals surface area contributed by atoms with Crippen molar-refractivity contribution in [3.8, 4) is 0 Å². The van der Waals surface area contributed by atoms with Gasteiger partial charge in [0.15, 0.2) is 0 Å². The topological polar surface area (TPSA) is 71.5 Å². The Hall–Kier alpha value is -1.62. The van der Waals surface area contributed by atoms with E-state index >= 15 is 0 Å². The predicted molar refractivity (Wildman–Crippen MR) is 60.8 cm³/mol. The highest BCUT2D eigenvalue weighted by Gasteiger charge is 2.11. The van der Waals surface area contributed by atoms with Crippen LogP contribution in [0.25, 0.3) is 0 Å². The normalized spacial score (nSPS) is 12.1. The van der Waals surface area contributed by atoms with Crippen LogP contribution in [0.15, 0.2) is 18.5 Å². The maximum absolute atomic E-state index is 10.9. The molecule has 0 bridgehead atoms. The number of nitrogens with zero attached hydrogens (tertiary/aromatic N) is 1. The molecule has 5 heteroatoms. The number of hydrogen-bond donors (Lipinski definition) is 2. The minimum Gasteiger partial charge on any atom is -0.478 e. The first-order chi connectivity index (χ1) is 7.65. The average Bonchev–Trinajstić information content (AvgIpc) is 2.27. The largest absolute Gasteiger partial charge is 0.478 e. The summed E-state index contributed by atoms with van der Waals surface area (Å²) in [6.45, 7) is 5.04. The Balaban J connectivity index is 2.69. The number of aromatic nitrogens is 1. The third-order valence-corrected chi connectivity index (χ3v) is 2.03. The molecule has 0 aromatic carbocycles. The molecule has 16 heavy (non-hydrogen) atoms. The van der Waals surface area contributed by atoms with Gasteiger partial charge in [-0.15, -0.1) is 0 Å². The van der Waals surface area contributed by atoms with E-state index in [9.17, 15) is 4.79 Å². The summed E-state index contributed by atoms with van der Waals surface area (Å²) in [7, 11) is 0. The van der Waals surface area contributed by atoms with Crippen molar-refractivity contribution in [2.75, 3.05) is 18.5 Å². The molecule has 1 aromatic rings. The summed E-state index contributed by atoms with van der Waals surface area (Å²) in [5.74, 6) is -0.987. The molecule has 0 saturated carbocycles. The zero-order chi connectivity index (χ0) is 12.0. The van der Waals surface area contributed by atoms with Gasteiger partial charge in [-0.2, -0.15) is 0 Å². The van der Waals surface area contributed by atoms with E-state index in [0.717, 1.165) is 0 Å². The van der Waals surface area contributed by atoms with Crippen LogP contribution in [0.3, 0.4) is 0 Å². The van der Waals surface area contributed by atoms with Crippen molar-refractivity contribution in [3.05, 3.63) is 24.0 Å². The molecule has 1 aromatic heterocycles. The zero-order valence-corrected chi connectivity index (χ0v) is 9.43. The molecule has 5 nitrogen and oxygen atoms in total. The molecular weight excluding hydrogens is 208 g/mol. The van der Waals surface area contributed by atoms with Gasteiger partial charge in [-0.25, -0.2) is 4.79 Å². The standard InChI is InChI=1S/C11H16N2O3/c1-3-16-7-8(2)13-10-4-5-12-6-9(10)11(14)15/h4-6,8H,3,7H2,1-2H3,(H,12,13)(H,14,15). The van der Waals surface area contributed by atoms with Crippen LogP contribution in [0.2, 0.25) is 0 Å². The van der Waals surface area contributed by atoms with E-state index in [-0.39, 0.29) is 11.6 Å². The molecule has 0 amide bonds. The van der Waals surface area contributed by atoms with Gasteiger partial charge in [-0.1, -0.05) is 0 Å². The second kappa shape index (κ2) is 6.07. The third-order valence-electron chi connectivity index (χ3n) is 2.03. The van der Waals surface area contributed by atoms with Crippen LogP contribution in [0, 0.1) is 0 Å². The number of aromatic carboxylic acids is 1. The van der Waals surface area contributed by atoms with E-state index < -0.39 is 5.97 Å². The SMILES string of the molecule is CCOCC(C)Nc1ccncc1C(=O)O. The number of nitrogens with one attached hydrogen (secondary N) is 1. The number of rotatable bonds is 6. The Labute approximate surface area is 94.5 Å². The summed E-state index contributed by atoms with van der Waals surface area (Å²) in [5, 5.41) is 12.0. The zero-order valence-electron chi connectivity index (χ0n) is 9.43. The minimum absolute atomic E-state index is 0.0560. The third kappa shape index (κ3) is 3.51. The van der Waals surface area contributed by atoms with Crippen LogP contribution in [-0.2, 0) is 4.74 Å². The molecule has 88 valence electrons. The first kappa shape index (κ1) is 12.4. The van der Waals surface area contributed by atoms with E-state index in [0.29, 0.717) is 18.9 Å². The van der Waals surface area contributed by atoms with E-state index in [1.54, 1.807) is 12.3 Å². The Kier molecular flexibility index (Phi) is 4.72. The van der Waals surface area contributed by atoms with Crippen LogP contribution in [0.1, 0.15) is 24.2 Å². The van der Waals surface area contributed by atoms with Gasteiger partial charge in [0, 0.05) is 25.0 Å². The number of carboxylic acid groups (broad SMARTS) is 1. The molecule has 1 unspecified atom stereocenters. The Morgan fingerprint density at radius 2 is 2.44 bits per heavy atom. The van der Waals surface area contributed by atoms with Crippen molar-refractivity contribution in [2.45, 2.75) is 19.9 Å². The minimum atomic E-state index is -0.987. The summed E-state index contributed by atoms with van der Waals surface area (Å²) in [6, 6.07) is 1.70. The fourth-order valence-corrected chi connectivity index (χ4v) is 1.29. The van der Waals surface area contributed by atoms with Gasteiger partial charge in [0.05, 0.1) is 12.3 Å². The Bertz CT molecular complexity index is 355. The number of pyridine rings is 1. The van der Waals surface area contributed by atoms with Crippen LogP contribution in [-0.4, -0.2) is 35.3 Å². The molecule has 0 spiro atoms. The van der Waals surface area contributed by atoms with Crippen molar-refractivity contribution in [2.24, 2.45) is 0 Å². The fraction of sp³-hybridized carbons (Fsp3) is 0.455. The summed E-state index contributed by atoms with van der Waals surface area (Å²) in [4.78, 5) is 14.7. The van der Waals surface area contributed by atoms with E-state index in [1.165, 1.54) is 6.20 Å². The lowest BCUT2D eigenvalue weighted by atomic mass is 10.2. The molecule has 2 N–H and O–H groups in total. The van der Waals surface area contributed by atoms with Crippen LogP contribution in [0.5, 0.6) is 0 Å². The van der Waals surface area contributed by atoms with Gasteiger partial charge < -0.3 is 15.2 Å². The molecule has 1 heterocycles. The number of carbonyl (C=O) groups is 1. The number of ether oxygens (including phenoxy) is 1. The number of carboxylic acids is 1. The Morgan fingerprint density at radius 1 is 1.69 bits per heavy atom. The van der Waals surface area contributed by atoms with Gasteiger partial charge >= 0.3 is 5.97 Å². The van der Waals surface area contributed by atoms with Crippen molar-refractivity contribution >= 4 is 11.7 Å². The smallest absolute Gasteiger partial charge is 0.339 e. The molecule has 0 saturated heterocycles. The monoisotopic (exact) mass is 224 g/mol. The lowest BCUT2D eigenvalue weighted by Crippen LogP contribution is -2.23. The van der Waals surface area contributed by atoms with Gasteiger partial charge in [0.1, 0.15) is 5.56 Å². The highest BCUT2D eigenvalue weighted by molar-refractivity contribution is 5.93. The molecule has 0 aliphatic heterocycles. The van der Waals surface area contributed by atoms with Crippen molar-refractivity contribution in [1.29, 1.82) is 0 Å². The fourth-order valence-electron chi connectivity index (χ4n) is 1.29. The van der Waals surface area contributed by atoms with Crippen LogP contribution >= 0.6 is 0 Å². The highest BCUT2D eigenvalue weighted by atomic mass is 16.5. The van der Waals surface area contributed by atoms with E-state index in [1.807, 2.05) is 13.8 Å². The lowest BCUT2D eigenvalue weighted by Gasteiger charge is -2.16. The molecule has 0 aliphatic carbocycles. The van der Waals surface area contributed by atoms with Gasteiger partial charge in [-0.3, -0.25) is 4.98 Å². The highest BCUT2D eigenvalue weighted by Crippen LogP contribution is 2.14. The van der Waals surface area contributed by atoms with E-state index in [4.69, 9.17) is 9.84 Å². The second-order valence-corrected chi connectivity index (χ2v) is 3.43. The van der Waals surface area contributed by atoms with Crippen molar-refractivity contribution < 1.29 is 14.6 Å². The van der Waals surface area contributed by atoms with Crippen LogP contribution in [0.4, 0.5) is 5.69 Å². The maximum atomic E-state index is 10.9. The predicted octanol–water partition coefficient (Wildman–Crippen LogP) is 1.62. The second-order valence-electron chi connectivity index (χ2n) is 3.43. The molecule has 1 rings (SSSR count). The number of hydrogen-bond acceptors (Lipinski definition) is 4. The van der Waals surface area contributed by atoms with Gasteiger partial charge in [0.25, 0.3) is 0 Å². The maximum Gasteiger partial charge on any atom is 0.339 e. The van der Waals surface area contributed by atoms with Crippen molar-refractivity contribution in [3.63, 3.8) is 0 Å². The molecular formula is C11H16N2O3. The summed E-state index contributed by atoms with van der Waals surface area (Å²) >= 11 is 0. The first-order valence-corrected chi connectivity index (χ1v) is 5.16. The quantitative estimate of drug-likeness (QED) is 0.768. The molecule has 0 radical (unpaired) electrons.